The first-order valence-electron chi connectivity index (χ1n) is 7.12. The minimum absolute atomic E-state index is 0.0860. The van der Waals surface area contributed by atoms with E-state index in [0.717, 1.165) is 6.54 Å². The van der Waals surface area contributed by atoms with Gasteiger partial charge in [0.15, 0.2) is 0 Å². The third-order valence-electron chi connectivity index (χ3n) is 3.55. The van der Waals surface area contributed by atoms with E-state index in [4.69, 9.17) is 5.84 Å². The Kier molecular flexibility index (Phi) is 5.31. The van der Waals surface area contributed by atoms with Crippen LogP contribution in [-0.4, -0.2) is 42.0 Å². The lowest BCUT2D eigenvalue weighted by Crippen LogP contribution is -2.34. The molecule has 1 aliphatic rings. The number of likely N-dealkylation sites (tertiary alicyclic amines) is 1. The molecule has 0 radical (unpaired) electrons. The molecule has 0 aliphatic carbocycles. The molecule has 1 aliphatic heterocycles. The highest BCUT2D eigenvalue weighted by Crippen LogP contribution is 2.10. The van der Waals surface area contributed by atoms with Crippen LogP contribution in [0.5, 0.6) is 0 Å². The molecule has 6 nitrogen and oxygen atoms in total. The second-order valence-corrected chi connectivity index (χ2v) is 5.40. The largest absolute Gasteiger partial charge is 0.352 e. The molecule has 1 aromatic rings. The van der Waals surface area contributed by atoms with Crippen molar-refractivity contribution in [2.75, 3.05) is 31.6 Å². The molecule has 1 unspecified atom stereocenters. The van der Waals surface area contributed by atoms with Crippen LogP contribution >= 0.6 is 0 Å². The van der Waals surface area contributed by atoms with Crippen molar-refractivity contribution >= 4 is 11.7 Å². The van der Waals surface area contributed by atoms with Crippen molar-refractivity contribution in [3.8, 4) is 0 Å². The molecule has 2 heterocycles. The maximum Gasteiger partial charge on any atom is 0.251 e. The highest BCUT2D eigenvalue weighted by molar-refractivity contribution is 5.94. The summed E-state index contributed by atoms with van der Waals surface area (Å²) in [6.45, 7) is 6.27. The monoisotopic (exact) mass is 277 g/mol. The summed E-state index contributed by atoms with van der Waals surface area (Å²) < 4.78 is 0. The number of carbonyl (C=O) groups excluding carboxylic acids is 1. The van der Waals surface area contributed by atoms with Gasteiger partial charge >= 0.3 is 0 Å². The van der Waals surface area contributed by atoms with Crippen LogP contribution in [0.4, 0.5) is 5.82 Å². The molecule has 1 amide bonds. The molecule has 4 N–H and O–H groups in total. The van der Waals surface area contributed by atoms with Crippen LogP contribution in [0.1, 0.15) is 30.1 Å². The van der Waals surface area contributed by atoms with Gasteiger partial charge in [0.25, 0.3) is 5.91 Å². The molecule has 1 atom stereocenters. The van der Waals surface area contributed by atoms with Gasteiger partial charge < -0.3 is 15.6 Å². The number of hydrogen-bond donors (Lipinski definition) is 3. The topological polar surface area (TPSA) is 83.3 Å². The molecule has 0 spiro atoms. The third kappa shape index (κ3) is 4.18. The molecule has 0 aromatic carbocycles. The third-order valence-corrected chi connectivity index (χ3v) is 3.55. The zero-order valence-electron chi connectivity index (χ0n) is 11.9. The van der Waals surface area contributed by atoms with Crippen molar-refractivity contribution in [2.45, 2.75) is 19.8 Å². The summed E-state index contributed by atoms with van der Waals surface area (Å²) in [5.74, 6) is 6.14. The van der Waals surface area contributed by atoms with Crippen LogP contribution in [0.3, 0.4) is 0 Å². The second-order valence-electron chi connectivity index (χ2n) is 5.40. The van der Waals surface area contributed by atoms with Gasteiger partial charge in [0, 0.05) is 24.8 Å². The Bertz CT molecular complexity index is 445. The van der Waals surface area contributed by atoms with Crippen LogP contribution < -0.4 is 16.6 Å². The van der Waals surface area contributed by atoms with Gasteiger partial charge in [0.05, 0.1) is 0 Å². The van der Waals surface area contributed by atoms with Gasteiger partial charge in [0.1, 0.15) is 5.82 Å². The lowest BCUT2D eigenvalue weighted by atomic mass is 10.1. The average Bonchev–Trinajstić information content (AvgIpc) is 2.97. The first-order chi connectivity index (χ1) is 9.69. The zero-order chi connectivity index (χ0) is 14.4. The molecule has 1 aromatic heterocycles. The minimum atomic E-state index is -0.0860. The number of nitrogens with two attached hydrogens (primary N) is 1. The Morgan fingerprint density at radius 2 is 2.25 bits per heavy atom. The van der Waals surface area contributed by atoms with Gasteiger partial charge in [-0.1, -0.05) is 6.92 Å². The number of aromatic nitrogens is 1. The van der Waals surface area contributed by atoms with E-state index < -0.39 is 0 Å². The van der Waals surface area contributed by atoms with Crippen molar-refractivity contribution in [1.82, 2.24) is 15.2 Å². The zero-order valence-corrected chi connectivity index (χ0v) is 11.9. The van der Waals surface area contributed by atoms with Crippen molar-refractivity contribution < 1.29 is 4.79 Å². The number of anilines is 1. The molecule has 2 rings (SSSR count). The van der Waals surface area contributed by atoms with E-state index in [1.165, 1.54) is 25.9 Å². The summed E-state index contributed by atoms with van der Waals surface area (Å²) in [6.07, 6.45) is 4.16. The highest BCUT2D eigenvalue weighted by Gasteiger charge is 2.15. The molecular weight excluding hydrogens is 254 g/mol. The van der Waals surface area contributed by atoms with Crippen molar-refractivity contribution in [2.24, 2.45) is 11.8 Å². The van der Waals surface area contributed by atoms with Gasteiger partial charge in [-0.25, -0.2) is 10.8 Å². The number of nitrogens with one attached hydrogen (secondary N) is 2. The fraction of sp³-hybridized carbons (Fsp3) is 0.571. The Balaban J connectivity index is 1.78. The average molecular weight is 277 g/mol. The van der Waals surface area contributed by atoms with Crippen molar-refractivity contribution in [3.05, 3.63) is 23.9 Å². The number of rotatable bonds is 6. The number of carbonyl (C=O) groups is 1. The highest BCUT2D eigenvalue weighted by atomic mass is 16.1. The van der Waals surface area contributed by atoms with Crippen LogP contribution in [-0.2, 0) is 0 Å². The van der Waals surface area contributed by atoms with Crippen LogP contribution in [0.25, 0.3) is 0 Å². The van der Waals surface area contributed by atoms with Gasteiger partial charge in [-0.15, -0.1) is 0 Å². The van der Waals surface area contributed by atoms with Gasteiger partial charge in [-0.3, -0.25) is 4.79 Å². The second kappa shape index (κ2) is 7.21. The SMILES string of the molecule is CC(CNC(=O)c1ccnc(NN)c1)CN1CCCC1. The first kappa shape index (κ1) is 14.7. The summed E-state index contributed by atoms with van der Waals surface area (Å²) in [7, 11) is 0. The summed E-state index contributed by atoms with van der Waals surface area (Å²) in [4.78, 5) is 18.5. The molecule has 0 saturated carbocycles. The van der Waals surface area contributed by atoms with E-state index >= 15 is 0 Å². The predicted molar refractivity (Wildman–Crippen MR) is 79.2 cm³/mol. The van der Waals surface area contributed by atoms with Gasteiger partial charge in [-0.2, -0.15) is 0 Å². The number of hydrogen-bond acceptors (Lipinski definition) is 5. The maximum atomic E-state index is 12.0. The number of pyridine rings is 1. The molecular formula is C14H23N5O. The number of nitrogens with zero attached hydrogens (tertiary/aromatic N) is 2. The van der Waals surface area contributed by atoms with E-state index in [0.29, 0.717) is 23.8 Å². The van der Waals surface area contributed by atoms with Crippen molar-refractivity contribution in [3.63, 3.8) is 0 Å². The van der Waals surface area contributed by atoms with Crippen LogP contribution in [0.15, 0.2) is 18.3 Å². The summed E-state index contributed by atoms with van der Waals surface area (Å²) >= 11 is 0. The fourth-order valence-corrected chi connectivity index (χ4v) is 2.49. The number of amides is 1. The molecule has 20 heavy (non-hydrogen) atoms. The Hall–Kier alpha value is -1.66. The number of hydrazine groups is 1. The maximum absolute atomic E-state index is 12.0. The van der Waals surface area contributed by atoms with Crippen LogP contribution in [0.2, 0.25) is 0 Å². The standard InChI is InChI=1S/C14H23N5O/c1-11(10-19-6-2-3-7-19)9-17-14(20)12-4-5-16-13(8-12)18-15/h4-5,8,11H,2-3,6-7,9-10,15H2,1H3,(H,16,18)(H,17,20). The van der Waals surface area contributed by atoms with E-state index in [1.54, 1.807) is 18.3 Å². The van der Waals surface area contributed by atoms with E-state index in [9.17, 15) is 4.79 Å². The van der Waals surface area contributed by atoms with E-state index in [-0.39, 0.29) is 5.91 Å². The fourth-order valence-electron chi connectivity index (χ4n) is 2.49. The first-order valence-corrected chi connectivity index (χ1v) is 7.12. The van der Waals surface area contributed by atoms with Gasteiger partial charge in [0.2, 0.25) is 0 Å². The van der Waals surface area contributed by atoms with Gasteiger partial charge in [-0.05, 0) is 44.0 Å². The Morgan fingerprint density at radius 1 is 1.50 bits per heavy atom. The summed E-state index contributed by atoms with van der Waals surface area (Å²) in [5.41, 5.74) is 3.01. The van der Waals surface area contributed by atoms with E-state index in [1.807, 2.05) is 0 Å². The molecule has 1 saturated heterocycles. The smallest absolute Gasteiger partial charge is 0.251 e. The lowest BCUT2D eigenvalue weighted by molar-refractivity contribution is 0.0945. The lowest BCUT2D eigenvalue weighted by Gasteiger charge is -2.20. The Labute approximate surface area is 119 Å². The Morgan fingerprint density at radius 3 is 2.95 bits per heavy atom. The number of nitrogen functional groups attached to an aromatic ring is 1. The van der Waals surface area contributed by atoms with Crippen LogP contribution in [0, 0.1) is 5.92 Å². The summed E-state index contributed by atoms with van der Waals surface area (Å²) in [5, 5.41) is 2.96. The predicted octanol–water partition coefficient (Wildman–Crippen LogP) is 0.829. The molecule has 110 valence electrons. The van der Waals surface area contributed by atoms with E-state index in [2.05, 4.69) is 27.6 Å². The summed E-state index contributed by atoms with van der Waals surface area (Å²) in [6, 6.07) is 3.32. The molecule has 0 bridgehead atoms. The quantitative estimate of drug-likeness (QED) is 0.530. The molecule has 6 heteroatoms. The molecule has 1 fully saturated rings. The normalized spacial score (nSPS) is 16.9. The minimum Gasteiger partial charge on any atom is -0.352 e. The van der Waals surface area contributed by atoms with Crippen molar-refractivity contribution in [1.29, 1.82) is 0 Å².